The molecule has 178 valence electrons. The Bertz CT molecular complexity index is 1310. The minimum Gasteiger partial charge on any atom is -0.495 e. The molecule has 0 aromatic heterocycles. The van der Waals surface area contributed by atoms with Crippen LogP contribution in [0.5, 0.6) is 17.2 Å². The van der Waals surface area contributed by atoms with Crippen molar-refractivity contribution in [1.82, 2.24) is 5.32 Å². The summed E-state index contributed by atoms with van der Waals surface area (Å²) in [5, 5.41) is 2.79. The zero-order valence-electron chi connectivity index (χ0n) is 19.2. The molecule has 34 heavy (non-hydrogen) atoms. The second-order valence-corrected chi connectivity index (χ2v) is 9.80. The highest BCUT2D eigenvalue weighted by Crippen LogP contribution is 2.33. The highest BCUT2D eigenvalue weighted by atomic mass is 32.2. The summed E-state index contributed by atoms with van der Waals surface area (Å²) in [4.78, 5) is 12.9. The van der Waals surface area contributed by atoms with Crippen molar-refractivity contribution < 1.29 is 27.4 Å². The normalized spacial score (nSPS) is 12.3. The number of benzene rings is 3. The summed E-state index contributed by atoms with van der Waals surface area (Å²) in [6.07, 6.45) is 0. The fraction of sp³-hybridized carbons (Fsp3) is 0.240. The number of hydrogen-bond donors (Lipinski definition) is 1. The van der Waals surface area contributed by atoms with Crippen molar-refractivity contribution >= 4 is 21.6 Å². The molecule has 0 saturated heterocycles. The summed E-state index contributed by atoms with van der Waals surface area (Å²) in [6.45, 7) is 3.69. The second kappa shape index (κ2) is 9.64. The Balaban J connectivity index is 1.59. The van der Waals surface area contributed by atoms with E-state index in [1.807, 2.05) is 13.0 Å². The van der Waals surface area contributed by atoms with Crippen molar-refractivity contribution in [2.24, 2.45) is 0 Å². The van der Waals surface area contributed by atoms with E-state index < -0.39 is 22.5 Å². The summed E-state index contributed by atoms with van der Waals surface area (Å²) < 4.78 is 44.5. The Kier molecular flexibility index (Phi) is 6.65. The minimum absolute atomic E-state index is 0.000791. The molecule has 0 spiro atoms. The van der Waals surface area contributed by atoms with Crippen molar-refractivity contribution in [3.05, 3.63) is 77.4 Å². The van der Waals surface area contributed by atoms with Gasteiger partial charge in [-0.2, -0.15) is 0 Å². The van der Waals surface area contributed by atoms with E-state index in [0.29, 0.717) is 17.2 Å². The molecule has 1 aliphatic rings. The van der Waals surface area contributed by atoms with E-state index in [-0.39, 0.29) is 24.0 Å². The molecule has 8 nitrogen and oxygen atoms in total. The number of ether oxygens (including phenoxy) is 3. The minimum atomic E-state index is -4.11. The second-order valence-electron chi connectivity index (χ2n) is 7.97. The van der Waals surface area contributed by atoms with Crippen LogP contribution in [0.3, 0.4) is 0 Å². The largest absolute Gasteiger partial charge is 0.495 e. The summed E-state index contributed by atoms with van der Waals surface area (Å²) in [5.41, 5.74) is 2.92. The molecule has 1 amide bonds. The number of nitrogens with zero attached hydrogens (tertiary/aromatic N) is 1. The highest BCUT2D eigenvalue weighted by Gasteiger charge is 2.30. The van der Waals surface area contributed by atoms with Crippen molar-refractivity contribution in [1.29, 1.82) is 0 Å². The van der Waals surface area contributed by atoms with Gasteiger partial charge in [-0.05, 0) is 61.4 Å². The van der Waals surface area contributed by atoms with Gasteiger partial charge in [0, 0.05) is 6.54 Å². The Morgan fingerprint density at radius 1 is 0.971 bits per heavy atom. The van der Waals surface area contributed by atoms with Gasteiger partial charge in [0.1, 0.15) is 17.2 Å². The van der Waals surface area contributed by atoms with Crippen LogP contribution in [0, 0.1) is 13.8 Å². The molecule has 0 aliphatic carbocycles. The molecule has 0 saturated carbocycles. The Labute approximate surface area is 199 Å². The molecule has 1 aliphatic heterocycles. The Morgan fingerprint density at radius 2 is 1.68 bits per heavy atom. The number of methoxy groups -OCH3 is 1. The molecule has 9 heteroatoms. The number of carbonyl (C=O) groups is 1. The number of nitrogens with one attached hydrogen (secondary N) is 1. The van der Waals surface area contributed by atoms with Gasteiger partial charge in [-0.1, -0.05) is 29.8 Å². The predicted octanol–water partition coefficient (Wildman–Crippen LogP) is 3.55. The SMILES string of the molecule is COc1ccc(C)cc1S(=O)(=O)N(CC(=O)NCc1ccc2c(c1)OCO2)c1ccc(C)cc1. The molecule has 0 atom stereocenters. The van der Waals surface area contributed by atoms with Gasteiger partial charge in [0.15, 0.2) is 11.5 Å². The van der Waals surface area contributed by atoms with Crippen LogP contribution in [0.15, 0.2) is 65.6 Å². The smallest absolute Gasteiger partial charge is 0.268 e. The summed E-state index contributed by atoms with van der Waals surface area (Å²) in [5.74, 6) is 1.03. The Hall–Kier alpha value is -3.72. The lowest BCUT2D eigenvalue weighted by Gasteiger charge is -2.25. The quantitative estimate of drug-likeness (QED) is 0.528. The number of carbonyl (C=O) groups excluding carboxylic acids is 1. The summed E-state index contributed by atoms with van der Waals surface area (Å²) in [7, 11) is -2.69. The molecule has 4 rings (SSSR count). The molecule has 0 bridgehead atoms. The first-order valence-electron chi connectivity index (χ1n) is 10.7. The molecule has 0 unspecified atom stereocenters. The first kappa shape index (κ1) is 23.4. The van der Waals surface area contributed by atoms with Gasteiger partial charge in [-0.3, -0.25) is 9.10 Å². The topological polar surface area (TPSA) is 94.2 Å². The number of rotatable bonds is 8. The van der Waals surface area contributed by atoms with E-state index in [0.717, 1.165) is 21.0 Å². The average molecular weight is 483 g/mol. The molecule has 1 heterocycles. The van der Waals surface area contributed by atoms with Crippen LogP contribution in [0.4, 0.5) is 5.69 Å². The zero-order valence-corrected chi connectivity index (χ0v) is 20.0. The third-order valence-corrected chi connectivity index (χ3v) is 7.22. The highest BCUT2D eigenvalue weighted by molar-refractivity contribution is 7.93. The van der Waals surface area contributed by atoms with Crippen LogP contribution >= 0.6 is 0 Å². The lowest BCUT2D eigenvalue weighted by molar-refractivity contribution is -0.119. The first-order chi connectivity index (χ1) is 16.3. The zero-order chi connectivity index (χ0) is 24.3. The standard InChI is InChI=1S/C25H26N2O6S/c1-17-4-8-20(9-5-17)27(34(29,30)24-12-18(2)6-10-22(24)31-3)15-25(28)26-14-19-7-11-21-23(13-19)33-16-32-21/h4-13H,14-16H2,1-3H3,(H,26,28). The number of fused-ring (bicyclic) bond motifs is 1. The van der Waals surface area contributed by atoms with Gasteiger partial charge in [-0.25, -0.2) is 8.42 Å². The van der Waals surface area contributed by atoms with Crippen molar-refractivity contribution in [3.8, 4) is 17.2 Å². The summed E-state index contributed by atoms with van der Waals surface area (Å²) in [6, 6.07) is 17.3. The van der Waals surface area contributed by atoms with Crippen LogP contribution < -0.4 is 23.8 Å². The third kappa shape index (κ3) is 4.94. The lowest BCUT2D eigenvalue weighted by Crippen LogP contribution is -2.40. The maximum absolute atomic E-state index is 13.7. The predicted molar refractivity (Wildman–Crippen MR) is 128 cm³/mol. The molecule has 3 aromatic rings. The van der Waals surface area contributed by atoms with Gasteiger partial charge in [0.2, 0.25) is 12.7 Å². The van der Waals surface area contributed by atoms with Crippen LogP contribution in [0.2, 0.25) is 0 Å². The fourth-order valence-electron chi connectivity index (χ4n) is 3.57. The van der Waals surface area contributed by atoms with Gasteiger partial charge in [0.05, 0.1) is 12.8 Å². The van der Waals surface area contributed by atoms with Gasteiger partial charge in [-0.15, -0.1) is 0 Å². The van der Waals surface area contributed by atoms with E-state index in [4.69, 9.17) is 14.2 Å². The maximum Gasteiger partial charge on any atom is 0.268 e. The molecular formula is C25H26N2O6S. The van der Waals surface area contributed by atoms with Crippen molar-refractivity contribution in [2.75, 3.05) is 24.8 Å². The van der Waals surface area contributed by atoms with Crippen LogP contribution in [0.1, 0.15) is 16.7 Å². The van der Waals surface area contributed by atoms with Crippen LogP contribution in [-0.4, -0.2) is 34.8 Å². The maximum atomic E-state index is 13.7. The lowest BCUT2D eigenvalue weighted by atomic mass is 10.2. The average Bonchev–Trinajstić information content (AvgIpc) is 3.30. The van der Waals surface area contributed by atoms with Crippen LogP contribution in [-0.2, 0) is 21.4 Å². The van der Waals surface area contributed by atoms with Gasteiger partial charge < -0.3 is 19.5 Å². The van der Waals surface area contributed by atoms with E-state index in [1.54, 1.807) is 61.5 Å². The third-order valence-electron chi connectivity index (χ3n) is 5.42. The van der Waals surface area contributed by atoms with E-state index in [9.17, 15) is 13.2 Å². The molecule has 0 radical (unpaired) electrons. The number of amides is 1. The molecule has 3 aromatic carbocycles. The monoisotopic (exact) mass is 482 g/mol. The fourth-order valence-corrected chi connectivity index (χ4v) is 5.23. The molecule has 0 fully saturated rings. The first-order valence-corrected chi connectivity index (χ1v) is 12.1. The number of sulfonamides is 1. The van der Waals surface area contributed by atoms with Gasteiger partial charge >= 0.3 is 0 Å². The number of hydrogen-bond acceptors (Lipinski definition) is 6. The van der Waals surface area contributed by atoms with E-state index in [1.165, 1.54) is 7.11 Å². The van der Waals surface area contributed by atoms with Crippen molar-refractivity contribution in [3.63, 3.8) is 0 Å². The Morgan fingerprint density at radius 3 is 2.41 bits per heavy atom. The molecule has 1 N–H and O–H groups in total. The van der Waals surface area contributed by atoms with Crippen molar-refractivity contribution in [2.45, 2.75) is 25.3 Å². The van der Waals surface area contributed by atoms with E-state index >= 15 is 0 Å². The van der Waals surface area contributed by atoms with E-state index in [2.05, 4.69) is 5.32 Å². The summed E-state index contributed by atoms with van der Waals surface area (Å²) >= 11 is 0. The van der Waals surface area contributed by atoms with Crippen LogP contribution in [0.25, 0.3) is 0 Å². The number of aryl methyl sites for hydroxylation is 2. The number of anilines is 1. The molecular weight excluding hydrogens is 456 g/mol. The van der Waals surface area contributed by atoms with Gasteiger partial charge in [0.25, 0.3) is 10.0 Å².